The average molecular weight is 279 g/mol. The molecule has 4 heteroatoms. The van der Waals surface area contributed by atoms with Crippen LogP contribution in [0.4, 0.5) is 0 Å². The van der Waals surface area contributed by atoms with Gasteiger partial charge in [-0.2, -0.15) is 0 Å². The van der Waals surface area contributed by atoms with Crippen LogP contribution in [-0.4, -0.2) is 22.9 Å². The summed E-state index contributed by atoms with van der Waals surface area (Å²) in [6.45, 7) is 2.11. The minimum atomic E-state index is -0.0328. The summed E-state index contributed by atoms with van der Waals surface area (Å²) in [6, 6.07) is 8.20. The van der Waals surface area contributed by atoms with Gasteiger partial charge in [0.05, 0.1) is 6.04 Å². The third-order valence-electron chi connectivity index (χ3n) is 3.87. The summed E-state index contributed by atoms with van der Waals surface area (Å²) < 4.78 is 0. The molecule has 0 spiro atoms. The van der Waals surface area contributed by atoms with Crippen molar-refractivity contribution >= 4 is 17.5 Å². The van der Waals surface area contributed by atoms with Crippen LogP contribution in [-0.2, 0) is 4.79 Å². The van der Waals surface area contributed by atoms with Gasteiger partial charge < -0.3 is 4.90 Å². The number of hydrogen-bond acceptors (Lipinski definition) is 2. The van der Waals surface area contributed by atoms with Gasteiger partial charge in [-0.3, -0.25) is 10.1 Å². The SMILES string of the molecule is CCCC1NC(c2cccc(Cl)c2)N(C2CC2)C1=O. The van der Waals surface area contributed by atoms with E-state index in [4.69, 9.17) is 11.6 Å². The van der Waals surface area contributed by atoms with Crippen molar-refractivity contribution in [2.24, 2.45) is 0 Å². The molecule has 2 atom stereocenters. The van der Waals surface area contributed by atoms with Crippen molar-refractivity contribution in [2.45, 2.75) is 50.9 Å². The predicted octanol–water partition coefficient (Wildman–Crippen LogP) is 3.10. The molecule has 0 bridgehead atoms. The highest BCUT2D eigenvalue weighted by Gasteiger charge is 2.46. The van der Waals surface area contributed by atoms with E-state index in [1.54, 1.807) is 0 Å². The topological polar surface area (TPSA) is 32.3 Å². The predicted molar refractivity (Wildman–Crippen MR) is 75.9 cm³/mol. The van der Waals surface area contributed by atoms with Crippen LogP contribution in [0.2, 0.25) is 5.02 Å². The molecule has 2 unspecified atom stereocenters. The van der Waals surface area contributed by atoms with Gasteiger partial charge >= 0.3 is 0 Å². The molecule has 3 rings (SSSR count). The van der Waals surface area contributed by atoms with Gasteiger partial charge in [0.25, 0.3) is 0 Å². The van der Waals surface area contributed by atoms with E-state index in [9.17, 15) is 4.79 Å². The van der Waals surface area contributed by atoms with Crippen LogP contribution in [0.1, 0.15) is 44.3 Å². The van der Waals surface area contributed by atoms with Gasteiger partial charge in [-0.05, 0) is 37.0 Å². The van der Waals surface area contributed by atoms with Crippen LogP contribution in [0.15, 0.2) is 24.3 Å². The first-order valence-electron chi connectivity index (χ1n) is 7.04. The summed E-state index contributed by atoms with van der Waals surface area (Å²) in [5.41, 5.74) is 1.09. The molecule has 1 aromatic carbocycles. The maximum absolute atomic E-state index is 12.5. The number of nitrogens with zero attached hydrogens (tertiary/aromatic N) is 1. The molecular weight excluding hydrogens is 260 g/mol. The van der Waals surface area contributed by atoms with Gasteiger partial charge in [-0.1, -0.05) is 37.1 Å². The summed E-state index contributed by atoms with van der Waals surface area (Å²) in [5, 5.41) is 4.20. The molecule has 0 radical (unpaired) electrons. The van der Waals surface area contributed by atoms with Crippen molar-refractivity contribution in [3.05, 3.63) is 34.9 Å². The number of hydrogen-bond donors (Lipinski definition) is 1. The first-order chi connectivity index (χ1) is 9.20. The molecule has 1 heterocycles. The normalized spacial score (nSPS) is 27.1. The third-order valence-corrected chi connectivity index (χ3v) is 4.11. The Labute approximate surface area is 118 Å². The van der Waals surface area contributed by atoms with Crippen molar-refractivity contribution in [1.29, 1.82) is 0 Å². The Bertz CT molecular complexity index is 487. The Morgan fingerprint density at radius 2 is 2.21 bits per heavy atom. The standard InChI is InChI=1S/C15H19ClN2O/c1-2-4-13-15(19)18(12-7-8-12)14(17-13)10-5-3-6-11(16)9-10/h3,5-6,9,12-14,17H,2,4,7-8H2,1H3. The average Bonchev–Trinajstić information content (AvgIpc) is 3.17. The van der Waals surface area contributed by atoms with E-state index in [1.165, 1.54) is 0 Å². The smallest absolute Gasteiger partial charge is 0.241 e. The van der Waals surface area contributed by atoms with E-state index >= 15 is 0 Å². The lowest BCUT2D eigenvalue weighted by Crippen LogP contribution is -2.33. The molecule has 1 aliphatic heterocycles. The molecule has 0 aromatic heterocycles. The first kappa shape index (κ1) is 12.9. The molecular formula is C15H19ClN2O. The van der Waals surface area contributed by atoms with E-state index < -0.39 is 0 Å². The number of benzene rings is 1. The highest BCUT2D eigenvalue weighted by molar-refractivity contribution is 6.30. The summed E-state index contributed by atoms with van der Waals surface area (Å²) in [6.07, 6.45) is 4.17. The molecule has 1 aliphatic carbocycles. The molecule has 1 saturated carbocycles. The fourth-order valence-corrected chi connectivity index (χ4v) is 3.02. The summed E-state index contributed by atoms with van der Waals surface area (Å²) in [5.74, 6) is 0.259. The van der Waals surface area contributed by atoms with Crippen LogP contribution in [0.25, 0.3) is 0 Å². The fourth-order valence-electron chi connectivity index (χ4n) is 2.82. The van der Waals surface area contributed by atoms with Gasteiger partial charge in [-0.25, -0.2) is 0 Å². The molecule has 3 nitrogen and oxygen atoms in total. The Morgan fingerprint density at radius 3 is 2.84 bits per heavy atom. The second-order valence-corrected chi connectivity index (χ2v) is 5.88. The second-order valence-electron chi connectivity index (χ2n) is 5.44. The number of carbonyl (C=O) groups is 1. The van der Waals surface area contributed by atoms with Gasteiger partial charge in [0.2, 0.25) is 5.91 Å². The molecule has 1 saturated heterocycles. The minimum Gasteiger partial charge on any atom is -0.319 e. The lowest BCUT2D eigenvalue weighted by atomic mass is 10.1. The molecule has 2 aliphatic rings. The number of carbonyl (C=O) groups excluding carboxylic acids is 1. The highest BCUT2D eigenvalue weighted by atomic mass is 35.5. The van der Waals surface area contributed by atoms with Gasteiger partial charge in [-0.15, -0.1) is 0 Å². The summed E-state index contributed by atoms with van der Waals surface area (Å²) in [4.78, 5) is 14.5. The fraction of sp³-hybridized carbons (Fsp3) is 0.533. The Hall–Kier alpha value is -1.06. The Morgan fingerprint density at radius 1 is 1.42 bits per heavy atom. The minimum absolute atomic E-state index is 0.00440. The lowest BCUT2D eigenvalue weighted by Gasteiger charge is -2.24. The van der Waals surface area contributed by atoms with Crippen LogP contribution < -0.4 is 5.32 Å². The van der Waals surface area contributed by atoms with Gasteiger partial charge in [0.15, 0.2) is 0 Å². The monoisotopic (exact) mass is 278 g/mol. The first-order valence-corrected chi connectivity index (χ1v) is 7.42. The zero-order chi connectivity index (χ0) is 13.4. The van der Waals surface area contributed by atoms with E-state index in [-0.39, 0.29) is 18.1 Å². The van der Waals surface area contributed by atoms with Crippen LogP contribution >= 0.6 is 11.6 Å². The van der Waals surface area contributed by atoms with Crippen LogP contribution in [0, 0.1) is 0 Å². The Kier molecular flexibility index (Phi) is 3.50. The van der Waals surface area contributed by atoms with Gasteiger partial charge in [0.1, 0.15) is 6.17 Å². The number of amides is 1. The molecule has 19 heavy (non-hydrogen) atoms. The zero-order valence-electron chi connectivity index (χ0n) is 11.1. The van der Waals surface area contributed by atoms with E-state index in [2.05, 4.69) is 12.2 Å². The maximum Gasteiger partial charge on any atom is 0.241 e. The maximum atomic E-state index is 12.5. The summed E-state index contributed by atoms with van der Waals surface area (Å²) in [7, 11) is 0. The number of nitrogens with one attached hydrogen (secondary N) is 1. The van der Waals surface area contributed by atoms with E-state index in [1.807, 2.05) is 29.2 Å². The Balaban J connectivity index is 1.88. The molecule has 102 valence electrons. The molecule has 1 amide bonds. The largest absolute Gasteiger partial charge is 0.319 e. The zero-order valence-corrected chi connectivity index (χ0v) is 11.9. The van der Waals surface area contributed by atoms with Crippen molar-refractivity contribution in [2.75, 3.05) is 0 Å². The van der Waals surface area contributed by atoms with E-state index in [0.717, 1.165) is 36.3 Å². The van der Waals surface area contributed by atoms with Crippen molar-refractivity contribution in [3.8, 4) is 0 Å². The van der Waals surface area contributed by atoms with Crippen molar-refractivity contribution in [1.82, 2.24) is 10.2 Å². The van der Waals surface area contributed by atoms with Gasteiger partial charge in [0, 0.05) is 11.1 Å². The van der Waals surface area contributed by atoms with Crippen molar-refractivity contribution in [3.63, 3.8) is 0 Å². The van der Waals surface area contributed by atoms with E-state index in [0.29, 0.717) is 6.04 Å². The lowest BCUT2D eigenvalue weighted by molar-refractivity contribution is -0.130. The number of halogens is 1. The molecule has 1 N–H and O–H groups in total. The molecule has 1 aromatic rings. The third kappa shape index (κ3) is 2.49. The van der Waals surface area contributed by atoms with Crippen molar-refractivity contribution < 1.29 is 4.79 Å². The second kappa shape index (κ2) is 5.14. The van der Waals surface area contributed by atoms with Crippen LogP contribution in [0.5, 0.6) is 0 Å². The molecule has 2 fully saturated rings. The quantitative estimate of drug-likeness (QED) is 0.918. The highest BCUT2D eigenvalue weighted by Crippen LogP contribution is 2.38. The number of rotatable bonds is 4. The van der Waals surface area contributed by atoms with Crippen LogP contribution in [0.3, 0.4) is 0 Å². The summed E-state index contributed by atoms with van der Waals surface area (Å²) >= 11 is 6.07.